The number of benzene rings is 15. The third kappa shape index (κ3) is 10.3. The molecule has 0 fully saturated rings. The molecule has 15 aromatic rings. The molecule has 94 heavy (non-hydrogen) atoms. The highest BCUT2D eigenvalue weighted by atomic mass is 15.2. The summed E-state index contributed by atoms with van der Waals surface area (Å²) in [6, 6.07) is 139. The molecule has 15 aromatic carbocycles. The predicted molar refractivity (Wildman–Crippen MR) is 399 cm³/mol. The fourth-order valence-corrected chi connectivity index (χ4v) is 14.3. The summed E-state index contributed by atoms with van der Waals surface area (Å²) in [5, 5.41) is 0. The number of anilines is 9. The molecule has 440 valence electrons. The van der Waals surface area contributed by atoms with E-state index in [9.17, 15) is 0 Å². The summed E-state index contributed by atoms with van der Waals surface area (Å²) >= 11 is 0. The maximum atomic E-state index is 2.57. The van der Waals surface area contributed by atoms with Gasteiger partial charge in [-0.25, -0.2) is 0 Å². The van der Waals surface area contributed by atoms with Crippen LogP contribution < -0.4 is 31.1 Å². The Morgan fingerprint density at radius 3 is 0.904 bits per heavy atom. The van der Waals surface area contributed by atoms with Gasteiger partial charge in [0.15, 0.2) is 0 Å². The summed E-state index contributed by atoms with van der Waals surface area (Å²) in [4.78, 5) is 7.63. The zero-order chi connectivity index (χ0) is 62.3. The van der Waals surface area contributed by atoms with Crippen LogP contribution in [0.5, 0.6) is 0 Å². The fourth-order valence-electron chi connectivity index (χ4n) is 14.3. The lowest BCUT2D eigenvalue weighted by Crippen LogP contribution is -2.61. The molecule has 0 saturated heterocycles. The van der Waals surface area contributed by atoms with E-state index in [1.54, 1.807) is 0 Å². The van der Waals surface area contributed by atoms with Gasteiger partial charge in [0.05, 0.1) is 11.4 Å². The lowest BCUT2D eigenvalue weighted by molar-refractivity contribution is 1.23. The largest absolute Gasteiger partial charge is 0.311 e. The highest BCUT2D eigenvalue weighted by Gasteiger charge is 2.44. The molecular weight excluding hydrogens is 1130 g/mol. The van der Waals surface area contributed by atoms with E-state index in [1.807, 2.05) is 0 Å². The molecule has 2 aliphatic rings. The minimum atomic E-state index is -0.173. The van der Waals surface area contributed by atoms with Crippen LogP contribution in [-0.2, 0) is 0 Å². The predicted octanol–water partition coefficient (Wildman–Crippen LogP) is 22.6. The molecule has 0 radical (unpaired) electrons. The van der Waals surface area contributed by atoms with E-state index in [1.165, 1.54) is 55.3 Å². The average molecular weight is 1200 g/mol. The summed E-state index contributed by atoms with van der Waals surface area (Å²) in [6.45, 7) is -0.173. The second kappa shape index (κ2) is 24.2. The monoisotopic (exact) mass is 1200 g/mol. The number of hydrogen-bond acceptors (Lipinski definition) is 3. The van der Waals surface area contributed by atoms with Crippen molar-refractivity contribution >= 4 is 74.3 Å². The lowest BCUT2D eigenvalue weighted by atomic mass is 9.33. The van der Waals surface area contributed by atoms with E-state index in [0.717, 1.165) is 101 Å². The minimum absolute atomic E-state index is 0.173. The molecule has 0 amide bonds. The van der Waals surface area contributed by atoms with Gasteiger partial charge in [-0.2, -0.15) is 0 Å². The van der Waals surface area contributed by atoms with Crippen molar-refractivity contribution in [2.24, 2.45) is 0 Å². The van der Waals surface area contributed by atoms with Gasteiger partial charge >= 0.3 is 0 Å². The molecule has 3 nitrogen and oxygen atoms in total. The first kappa shape index (κ1) is 55.8. The van der Waals surface area contributed by atoms with Gasteiger partial charge < -0.3 is 14.7 Å². The van der Waals surface area contributed by atoms with Crippen LogP contribution in [-0.4, -0.2) is 6.71 Å². The molecule has 0 unspecified atom stereocenters. The SMILES string of the molecule is c1ccc(-c2ccc(N(c3cc4c5c(c3)N(c3ccc(-c6ccccc6)cc3)c3cc(-c6cccc(-c7ccccc7)c6)ccc3B5c3ccc(-c5cccc(-c6ccccc6)c5)cc3N4c3ccc(-c4ccccc4)cc3)c3ccccc3-c3ccccc3)cc2)cc1. The number of hydrogen-bond donors (Lipinski definition) is 0. The minimum Gasteiger partial charge on any atom is -0.311 e. The van der Waals surface area contributed by atoms with E-state index < -0.39 is 0 Å². The third-order valence-corrected chi connectivity index (χ3v) is 18.8. The first-order valence-electron chi connectivity index (χ1n) is 32.4. The summed E-state index contributed by atoms with van der Waals surface area (Å²) in [7, 11) is 0. The summed E-state index contributed by atoms with van der Waals surface area (Å²) in [5.74, 6) is 0. The zero-order valence-corrected chi connectivity index (χ0v) is 51.7. The molecule has 0 saturated carbocycles. The van der Waals surface area contributed by atoms with Gasteiger partial charge in [0.2, 0.25) is 0 Å². The second-order valence-corrected chi connectivity index (χ2v) is 24.4. The van der Waals surface area contributed by atoms with Crippen LogP contribution in [0.15, 0.2) is 376 Å². The topological polar surface area (TPSA) is 9.72 Å². The van der Waals surface area contributed by atoms with E-state index in [0.29, 0.717) is 0 Å². The van der Waals surface area contributed by atoms with Crippen molar-refractivity contribution in [3.63, 3.8) is 0 Å². The molecule has 17 rings (SSSR count). The maximum Gasteiger partial charge on any atom is 0.252 e. The summed E-state index contributed by atoms with van der Waals surface area (Å²) < 4.78 is 0. The molecular formula is C90H62BN3. The van der Waals surface area contributed by atoms with Gasteiger partial charge in [-0.05, 0) is 179 Å². The smallest absolute Gasteiger partial charge is 0.252 e. The van der Waals surface area contributed by atoms with Gasteiger partial charge in [-0.3, -0.25) is 0 Å². The number of para-hydroxylation sites is 1. The number of fused-ring (bicyclic) bond motifs is 4. The zero-order valence-electron chi connectivity index (χ0n) is 51.7. The van der Waals surface area contributed by atoms with Crippen LogP contribution in [0, 0.1) is 0 Å². The van der Waals surface area contributed by atoms with Crippen LogP contribution in [0.25, 0.3) is 89.0 Å². The summed E-state index contributed by atoms with van der Waals surface area (Å²) in [5.41, 5.74) is 32.0. The van der Waals surface area contributed by atoms with Crippen LogP contribution in [0.4, 0.5) is 51.2 Å². The van der Waals surface area contributed by atoms with E-state index in [4.69, 9.17) is 0 Å². The Hall–Kier alpha value is -12.2. The Labute approximate surface area is 550 Å². The molecule has 0 aromatic heterocycles. The van der Waals surface area contributed by atoms with Crippen molar-refractivity contribution in [2.45, 2.75) is 0 Å². The van der Waals surface area contributed by atoms with Crippen molar-refractivity contribution in [3.8, 4) is 89.0 Å². The molecule has 2 heterocycles. The van der Waals surface area contributed by atoms with Crippen molar-refractivity contribution in [1.29, 1.82) is 0 Å². The van der Waals surface area contributed by atoms with Crippen LogP contribution >= 0.6 is 0 Å². The first-order chi connectivity index (χ1) is 46.6. The van der Waals surface area contributed by atoms with E-state index >= 15 is 0 Å². The first-order valence-corrected chi connectivity index (χ1v) is 32.4. The Bertz CT molecular complexity index is 4970. The quantitative estimate of drug-likeness (QED) is 0.107. The van der Waals surface area contributed by atoms with Crippen LogP contribution in [0.3, 0.4) is 0 Å². The number of rotatable bonds is 13. The highest BCUT2D eigenvalue weighted by Crippen LogP contribution is 2.51. The molecule has 0 atom stereocenters. The van der Waals surface area contributed by atoms with Crippen LogP contribution in [0.2, 0.25) is 0 Å². The number of nitrogens with zero attached hydrogens (tertiary/aromatic N) is 3. The van der Waals surface area contributed by atoms with Gasteiger partial charge in [0, 0.05) is 45.4 Å². The second-order valence-electron chi connectivity index (χ2n) is 24.4. The van der Waals surface area contributed by atoms with Gasteiger partial charge in [-0.1, -0.05) is 297 Å². The Kier molecular flexibility index (Phi) is 14.4. The van der Waals surface area contributed by atoms with Gasteiger partial charge in [0.1, 0.15) is 0 Å². The third-order valence-electron chi connectivity index (χ3n) is 18.8. The average Bonchev–Trinajstić information content (AvgIpc) is 0.695. The Balaban J connectivity index is 0.961. The standard InChI is InChI=1S/C90H62BN3/c1-7-23-63(24-8-1)68-41-49-78(50-42-68)92(85-40-20-19-39-82(85)71-33-17-6-18-34-71)81-61-88-90-89(62-81)94(80-53-45-70(46-54-80)65-27-11-3-12-28-65)87-60-77(75-38-22-36-73(58-75)67-31-15-5-16-32-67)48-56-84(87)91(90)83-55-47-76(74-37-21-35-72(57-74)66-29-13-4-14-30-66)59-86(83)93(88)79-51-43-69(44-52-79)64-25-9-2-10-26-64/h1-62H. The Morgan fingerprint density at radius 1 is 0.202 bits per heavy atom. The normalized spacial score (nSPS) is 12.0. The molecule has 0 aliphatic carbocycles. The van der Waals surface area contributed by atoms with Crippen molar-refractivity contribution in [1.82, 2.24) is 0 Å². The molecule has 2 aliphatic heterocycles. The van der Waals surface area contributed by atoms with Gasteiger partial charge in [0.25, 0.3) is 6.71 Å². The molecule has 0 bridgehead atoms. The van der Waals surface area contributed by atoms with Crippen LogP contribution in [0.1, 0.15) is 0 Å². The van der Waals surface area contributed by atoms with E-state index in [2.05, 4.69) is 391 Å². The van der Waals surface area contributed by atoms with E-state index in [-0.39, 0.29) is 6.71 Å². The lowest BCUT2D eigenvalue weighted by Gasteiger charge is -2.45. The summed E-state index contributed by atoms with van der Waals surface area (Å²) in [6.07, 6.45) is 0. The molecule has 0 spiro atoms. The maximum absolute atomic E-state index is 2.57. The van der Waals surface area contributed by atoms with Crippen molar-refractivity contribution in [2.75, 3.05) is 14.7 Å². The van der Waals surface area contributed by atoms with Gasteiger partial charge in [-0.15, -0.1) is 0 Å². The fraction of sp³-hybridized carbons (Fsp3) is 0. The Morgan fingerprint density at radius 2 is 0.500 bits per heavy atom. The molecule has 0 N–H and O–H groups in total. The molecule has 4 heteroatoms. The van der Waals surface area contributed by atoms with Crippen molar-refractivity contribution in [3.05, 3.63) is 376 Å². The van der Waals surface area contributed by atoms with Crippen molar-refractivity contribution < 1.29 is 0 Å². The highest BCUT2D eigenvalue weighted by molar-refractivity contribution is 7.00.